The second-order valence-corrected chi connectivity index (χ2v) is 6.15. The normalized spacial score (nSPS) is 16.9. The molecule has 0 spiro atoms. The maximum Gasteiger partial charge on any atom is 0.416 e. The average molecular weight is 363 g/mol. The van der Waals surface area contributed by atoms with E-state index in [-0.39, 0.29) is 18.5 Å². The SMILES string of the molecule is O=C(O)C1c2ccccc2CCN1C(=O)Cc1cccc(C(F)(F)F)c1. The molecule has 1 aliphatic heterocycles. The minimum Gasteiger partial charge on any atom is -0.479 e. The van der Waals surface area contributed by atoms with Crippen LogP contribution in [0.25, 0.3) is 0 Å². The summed E-state index contributed by atoms with van der Waals surface area (Å²) in [5, 5.41) is 9.58. The molecule has 0 aliphatic carbocycles. The van der Waals surface area contributed by atoms with E-state index in [1.807, 2.05) is 6.07 Å². The molecule has 1 N–H and O–H groups in total. The summed E-state index contributed by atoms with van der Waals surface area (Å²) in [6, 6.07) is 10.4. The van der Waals surface area contributed by atoms with Gasteiger partial charge in [0, 0.05) is 6.54 Å². The lowest BCUT2D eigenvalue weighted by Gasteiger charge is -2.35. The number of alkyl halides is 3. The Morgan fingerprint density at radius 1 is 1.12 bits per heavy atom. The highest BCUT2D eigenvalue weighted by molar-refractivity contribution is 5.86. The van der Waals surface area contributed by atoms with E-state index in [9.17, 15) is 27.9 Å². The topological polar surface area (TPSA) is 57.6 Å². The van der Waals surface area contributed by atoms with Gasteiger partial charge in [0.25, 0.3) is 0 Å². The van der Waals surface area contributed by atoms with Crippen LogP contribution in [0.3, 0.4) is 0 Å². The van der Waals surface area contributed by atoms with Crippen molar-refractivity contribution in [2.75, 3.05) is 6.54 Å². The Kier molecular flexibility index (Phi) is 4.71. The van der Waals surface area contributed by atoms with E-state index in [0.717, 1.165) is 17.7 Å². The molecule has 3 rings (SSSR count). The molecular formula is C19H16F3NO3. The highest BCUT2D eigenvalue weighted by Gasteiger charge is 2.36. The first-order valence-corrected chi connectivity index (χ1v) is 8.03. The molecule has 26 heavy (non-hydrogen) atoms. The minimum absolute atomic E-state index is 0.202. The summed E-state index contributed by atoms with van der Waals surface area (Å²) in [6.45, 7) is 0.214. The van der Waals surface area contributed by atoms with Crippen LogP contribution >= 0.6 is 0 Å². The van der Waals surface area contributed by atoms with Gasteiger partial charge in [0.15, 0.2) is 6.04 Å². The van der Waals surface area contributed by atoms with Crippen molar-refractivity contribution < 1.29 is 27.9 Å². The predicted molar refractivity (Wildman–Crippen MR) is 87.4 cm³/mol. The number of halogens is 3. The molecule has 1 aliphatic rings. The van der Waals surface area contributed by atoms with Crippen molar-refractivity contribution in [3.05, 3.63) is 70.8 Å². The zero-order chi connectivity index (χ0) is 18.9. The Balaban J connectivity index is 1.85. The van der Waals surface area contributed by atoms with Crippen LogP contribution in [0.2, 0.25) is 0 Å². The Hall–Kier alpha value is -2.83. The minimum atomic E-state index is -4.49. The van der Waals surface area contributed by atoms with Crippen LogP contribution in [-0.2, 0) is 28.6 Å². The summed E-state index contributed by atoms with van der Waals surface area (Å²) < 4.78 is 38.5. The first-order valence-electron chi connectivity index (χ1n) is 8.03. The van der Waals surface area contributed by atoms with Gasteiger partial charge in [0.1, 0.15) is 0 Å². The maximum atomic E-state index is 12.8. The molecule has 2 aromatic carbocycles. The Morgan fingerprint density at radius 3 is 2.54 bits per heavy atom. The molecule has 0 fully saturated rings. The highest BCUT2D eigenvalue weighted by atomic mass is 19.4. The fourth-order valence-electron chi connectivity index (χ4n) is 3.24. The first kappa shape index (κ1) is 18.0. The van der Waals surface area contributed by atoms with Crippen LogP contribution < -0.4 is 0 Å². The van der Waals surface area contributed by atoms with Crippen LogP contribution in [0.4, 0.5) is 13.2 Å². The smallest absolute Gasteiger partial charge is 0.416 e. The van der Waals surface area contributed by atoms with E-state index < -0.39 is 29.7 Å². The van der Waals surface area contributed by atoms with Gasteiger partial charge in [0.05, 0.1) is 12.0 Å². The predicted octanol–water partition coefficient (Wildman–Crippen LogP) is 3.46. The summed E-state index contributed by atoms with van der Waals surface area (Å²) in [5.41, 5.74) is 0.779. The van der Waals surface area contributed by atoms with Crippen LogP contribution in [-0.4, -0.2) is 28.4 Å². The number of aliphatic carboxylic acids is 1. The standard InChI is InChI=1S/C19H16F3NO3/c20-19(21,22)14-6-3-4-12(10-14)11-16(24)23-9-8-13-5-1-2-7-15(13)17(23)18(25)26/h1-7,10,17H,8-9,11H2,(H,25,26). The molecule has 4 nitrogen and oxygen atoms in total. The third-order valence-corrected chi connectivity index (χ3v) is 4.45. The number of carboxylic acid groups (broad SMARTS) is 1. The van der Waals surface area contributed by atoms with E-state index in [4.69, 9.17) is 0 Å². The fraction of sp³-hybridized carbons (Fsp3) is 0.263. The van der Waals surface area contributed by atoms with Gasteiger partial charge in [-0.05, 0) is 29.2 Å². The number of carbonyl (C=O) groups is 2. The maximum absolute atomic E-state index is 12.8. The second kappa shape index (κ2) is 6.82. The molecule has 1 heterocycles. The fourth-order valence-corrected chi connectivity index (χ4v) is 3.24. The lowest BCUT2D eigenvalue weighted by atomic mass is 9.92. The largest absolute Gasteiger partial charge is 0.479 e. The molecule has 0 bridgehead atoms. The molecule has 0 saturated carbocycles. The highest BCUT2D eigenvalue weighted by Crippen LogP contribution is 2.32. The third-order valence-electron chi connectivity index (χ3n) is 4.45. The molecule has 0 aromatic heterocycles. The monoisotopic (exact) mass is 363 g/mol. The van der Waals surface area contributed by atoms with Gasteiger partial charge in [-0.1, -0.05) is 42.5 Å². The van der Waals surface area contributed by atoms with Gasteiger partial charge in [0.2, 0.25) is 5.91 Å². The number of carbonyl (C=O) groups excluding carboxylic acids is 1. The van der Waals surface area contributed by atoms with Crippen molar-refractivity contribution in [1.29, 1.82) is 0 Å². The van der Waals surface area contributed by atoms with E-state index in [0.29, 0.717) is 12.0 Å². The van der Waals surface area contributed by atoms with Crippen molar-refractivity contribution in [2.45, 2.75) is 25.1 Å². The van der Waals surface area contributed by atoms with Gasteiger partial charge in [-0.3, -0.25) is 4.79 Å². The summed E-state index contributed by atoms with van der Waals surface area (Å²) in [6.07, 6.45) is -4.27. The van der Waals surface area contributed by atoms with Crippen LogP contribution in [0.15, 0.2) is 48.5 Å². The molecule has 0 radical (unpaired) electrons. The molecule has 136 valence electrons. The number of fused-ring (bicyclic) bond motifs is 1. The Morgan fingerprint density at radius 2 is 1.85 bits per heavy atom. The first-order chi connectivity index (χ1) is 12.3. The third kappa shape index (κ3) is 3.56. The van der Waals surface area contributed by atoms with E-state index in [1.165, 1.54) is 17.0 Å². The lowest BCUT2D eigenvalue weighted by molar-refractivity contribution is -0.151. The van der Waals surface area contributed by atoms with Crippen molar-refractivity contribution in [3.63, 3.8) is 0 Å². The number of rotatable bonds is 3. The Bertz CT molecular complexity index is 848. The Labute approximate surface area is 147 Å². The summed E-state index contributed by atoms with van der Waals surface area (Å²) >= 11 is 0. The summed E-state index contributed by atoms with van der Waals surface area (Å²) in [5.74, 6) is -1.67. The molecule has 2 aromatic rings. The van der Waals surface area contributed by atoms with Crippen molar-refractivity contribution in [3.8, 4) is 0 Å². The van der Waals surface area contributed by atoms with Gasteiger partial charge >= 0.3 is 12.1 Å². The molecule has 0 saturated heterocycles. The van der Waals surface area contributed by atoms with Crippen LogP contribution in [0, 0.1) is 0 Å². The molecule has 7 heteroatoms. The molecular weight excluding hydrogens is 347 g/mol. The van der Waals surface area contributed by atoms with Gasteiger partial charge in [-0.2, -0.15) is 13.2 Å². The quantitative estimate of drug-likeness (QED) is 0.909. The van der Waals surface area contributed by atoms with Crippen molar-refractivity contribution >= 4 is 11.9 Å². The average Bonchev–Trinajstić information content (AvgIpc) is 2.60. The molecule has 1 unspecified atom stereocenters. The van der Waals surface area contributed by atoms with Crippen molar-refractivity contribution in [2.24, 2.45) is 0 Å². The van der Waals surface area contributed by atoms with Gasteiger partial charge < -0.3 is 10.0 Å². The number of nitrogens with zero attached hydrogens (tertiary/aromatic N) is 1. The number of benzene rings is 2. The van der Waals surface area contributed by atoms with Gasteiger partial charge in [-0.25, -0.2) is 4.79 Å². The van der Waals surface area contributed by atoms with E-state index >= 15 is 0 Å². The van der Waals surface area contributed by atoms with Crippen molar-refractivity contribution in [1.82, 2.24) is 4.90 Å². The molecule has 1 atom stereocenters. The van der Waals surface area contributed by atoms with Crippen LogP contribution in [0.5, 0.6) is 0 Å². The molecule has 1 amide bonds. The zero-order valence-electron chi connectivity index (χ0n) is 13.7. The zero-order valence-corrected chi connectivity index (χ0v) is 13.7. The number of hydrogen-bond acceptors (Lipinski definition) is 2. The summed E-state index contributed by atoms with van der Waals surface area (Å²) in [7, 11) is 0. The summed E-state index contributed by atoms with van der Waals surface area (Å²) in [4.78, 5) is 25.6. The second-order valence-electron chi connectivity index (χ2n) is 6.15. The number of amides is 1. The van der Waals surface area contributed by atoms with E-state index in [1.54, 1.807) is 18.2 Å². The number of carboxylic acids is 1. The number of hydrogen-bond donors (Lipinski definition) is 1. The van der Waals surface area contributed by atoms with Crippen LogP contribution in [0.1, 0.15) is 28.3 Å². The van der Waals surface area contributed by atoms with Gasteiger partial charge in [-0.15, -0.1) is 0 Å². The van der Waals surface area contributed by atoms with E-state index in [2.05, 4.69) is 0 Å². The lowest BCUT2D eigenvalue weighted by Crippen LogP contribution is -2.44.